The van der Waals surface area contributed by atoms with Crippen molar-refractivity contribution in [3.63, 3.8) is 0 Å². The van der Waals surface area contributed by atoms with Crippen LogP contribution in [0.4, 0.5) is 10.5 Å². The van der Waals surface area contributed by atoms with Gasteiger partial charge in [0, 0.05) is 6.54 Å². The number of urea groups is 1. The highest BCUT2D eigenvalue weighted by atomic mass is 16.4. The molecule has 0 atom stereocenters. The van der Waals surface area contributed by atoms with Gasteiger partial charge in [0.05, 0.1) is 23.4 Å². The molecule has 0 bridgehead atoms. The lowest BCUT2D eigenvalue weighted by atomic mass is 10.1. The van der Waals surface area contributed by atoms with Crippen LogP contribution in [0, 0.1) is 0 Å². The largest absolute Gasteiger partial charge is 0.478 e. The van der Waals surface area contributed by atoms with Crippen LogP contribution in [0.15, 0.2) is 24.3 Å². The van der Waals surface area contributed by atoms with E-state index in [1.54, 1.807) is 32.9 Å². The van der Waals surface area contributed by atoms with E-state index < -0.39 is 17.6 Å². The molecule has 6 nitrogen and oxygen atoms in total. The van der Waals surface area contributed by atoms with E-state index in [-0.39, 0.29) is 17.8 Å². The zero-order valence-corrected chi connectivity index (χ0v) is 11.9. The first-order valence-electron chi connectivity index (χ1n) is 6.35. The van der Waals surface area contributed by atoms with Crippen LogP contribution in [0.2, 0.25) is 0 Å². The van der Waals surface area contributed by atoms with E-state index in [2.05, 4.69) is 5.32 Å². The normalized spacial score (nSPS) is 11.0. The molecule has 1 aromatic rings. The van der Waals surface area contributed by atoms with Crippen molar-refractivity contribution < 1.29 is 19.8 Å². The Hall–Kier alpha value is -2.08. The van der Waals surface area contributed by atoms with E-state index in [9.17, 15) is 14.7 Å². The molecule has 0 aromatic heterocycles. The maximum atomic E-state index is 12.1. The summed E-state index contributed by atoms with van der Waals surface area (Å²) in [5.41, 5.74) is -0.751. The van der Waals surface area contributed by atoms with E-state index >= 15 is 0 Å². The molecular formula is C14H20N2O4. The number of carbonyl (C=O) groups is 2. The lowest BCUT2D eigenvalue weighted by molar-refractivity contribution is 0.0500. The van der Waals surface area contributed by atoms with E-state index in [1.165, 1.54) is 17.0 Å². The van der Waals surface area contributed by atoms with Gasteiger partial charge < -0.3 is 20.4 Å². The summed E-state index contributed by atoms with van der Waals surface area (Å²) in [6, 6.07) is 5.74. The van der Waals surface area contributed by atoms with Gasteiger partial charge in [0.2, 0.25) is 0 Å². The van der Waals surface area contributed by atoms with Crippen molar-refractivity contribution in [3.05, 3.63) is 29.8 Å². The number of carboxylic acids is 1. The minimum atomic E-state index is -1.11. The van der Waals surface area contributed by atoms with Gasteiger partial charge >= 0.3 is 12.0 Å². The number of benzene rings is 1. The molecular weight excluding hydrogens is 260 g/mol. The molecule has 1 aromatic carbocycles. The Morgan fingerprint density at radius 2 is 1.90 bits per heavy atom. The highest BCUT2D eigenvalue weighted by Crippen LogP contribution is 2.16. The molecule has 20 heavy (non-hydrogen) atoms. The maximum absolute atomic E-state index is 12.1. The molecule has 0 heterocycles. The Morgan fingerprint density at radius 3 is 2.40 bits per heavy atom. The number of nitrogens with zero attached hydrogens (tertiary/aromatic N) is 1. The molecule has 3 N–H and O–H groups in total. The summed E-state index contributed by atoms with van der Waals surface area (Å²) in [5.74, 6) is -1.11. The molecule has 0 aliphatic rings. The maximum Gasteiger partial charge on any atom is 0.337 e. The topological polar surface area (TPSA) is 89.9 Å². The van der Waals surface area contributed by atoms with E-state index in [0.717, 1.165) is 0 Å². The number of hydrogen-bond acceptors (Lipinski definition) is 3. The molecule has 6 heteroatoms. The average molecular weight is 280 g/mol. The first-order valence-corrected chi connectivity index (χ1v) is 6.35. The lowest BCUT2D eigenvalue weighted by Crippen LogP contribution is -2.44. The Bertz CT molecular complexity index is 494. The first kappa shape index (κ1) is 16.0. The molecule has 0 fully saturated rings. The van der Waals surface area contributed by atoms with Crippen LogP contribution in [-0.4, -0.2) is 45.8 Å². The summed E-state index contributed by atoms with van der Waals surface area (Å²) >= 11 is 0. The zero-order chi connectivity index (χ0) is 15.3. The fourth-order valence-electron chi connectivity index (χ4n) is 1.77. The highest BCUT2D eigenvalue weighted by molar-refractivity contribution is 5.99. The van der Waals surface area contributed by atoms with Crippen molar-refractivity contribution in [2.24, 2.45) is 0 Å². The lowest BCUT2D eigenvalue weighted by Gasteiger charge is -2.28. The average Bonchev–Trinajstić information content (AvgIpc) is 2.35. The van der Waals surface area contributed by atoms with Crippen molar-refractivity contribution in [1.29, 1.82) is 0 Å². The quantitative estimate of drug-likeness (QED) is 0.769. The number of para-hydroxylation sites is 1. The first-order chi connectivity index (χ1) is 9.24. The van der Waals surface area contributed by atoms with Gasteiger partial charge in [0.1, 0.15) is 0 Å². The second kappa shape index (κ2) is 6.38. The van der Waals surface area contributed by atoms with Crippen LogP contribution in [-0.2, 0) is 0 Å². The van der Waals surface area contributed by atoms with Crippen LogP contribution in [0.5, 0.6) is 0 Å². The summed E-state index contributed by atoms with van der Waals surface area (Å²) in [6.07, 6.45) is 0. The monoisotopic (exact) mass is 280 g/mol. The second-order valence-electron chi connectivity index (χ2n) is 5.11. The Kier molecular flexibility index (Phi) is 5.10. The predicted octanol–water partition coefficient (Wildman–Crippen LogP) is 2.01. The van der Waals surface area contributed by atoms with Crippen LogP contribution < -0.4 is 5.32 Å². The standard InChI is InChI=1S/C14H20N2O4/c1-4-16(9-14(2,3)20)13(19)15-11-8-6-5-7-10(11)12(17)18/h5-8,20H,4,9H2,1-3H3,(H,15,19)(H,17,18). The molecule has 0 aliphatic heterocycles. The van der Waals surface area contributed by atoms with Crippen molar-refractivity contribution in [1.82, 2.24) is 4.90 Å². The van der Waals surface area contributed by atoms with Crippen LogP contribution in [0.3, 0.4) is 0 Å². The minimum absolute atomic E-state index is 0.0279. The number of likely N-dealkylation sites (N-methyl/N-ethyl adjacent to an activating group) is 1. The van der Waals surface area contributed by atoms with E-state index in [0.29, 0.717) is 6.54 Å². The molecule has 2 amide bonds. The molecule has 0 spiro atoms. The molecule has 0 aliphatic carbocycles. The molecule has 1 rings (SSSR count). The van der Waals surface area contributed by atoms with Gasteiger partial charge in [0.25, 0.3) is 0 Å². The molecule has 0 unspecified atom stereocenters. The number of aromatic carboxylic acids is 1. The van der Waals surface area contributed by atoms with Crippen molar-refractivity contribution in [2.45, 2.75) is 26.4 Å². The van der Waals surface area contributed by atoms with Gasteiger partial charge in [-0.05, 0) is 32.9 Å². The van der Waals surface area contributed by atoms with Crippen LogP contribution in [0.1, 0.15) is 31.1 Å². The van der Waals surface area contributed by atoms with Crippen LogP contribution >= 0.6 is 0 Å². The van der Waals surface area contributed by atoms with Gasteiger partial charge in [-0.3, -0.25) is 0 Å². The van der Waals surface area contributed by atoms with Gasteiger partial charge in [-0.25, -0.2) is 9.59 Å². The zero-order valence-electron chi connectivity index (χ0n) is 11.9. The molecule has 0 radical (unpaired) electrons. The van der Waals surface area contributed by atoms with Gasteiger partial charge in [-0.2, -0.15) is 0 Å². The third-order valence-electron chi connectivity index (χ3n) is 2.65. The van der Waals surface area contributed by atoms with Gasteiger partial charge in [-0.15, -0.1) is 0 Å². The van der Waals surface area contributed by atoms with Crippen molar-refractivity contribution in [2.75, 3.05) is 18.4 Å². The van der Waals surface area contributed by atoms with E-state index in [4.69, 9.17) is 5.11 Å². The highest BCUT2D eigenvalue weighted by Gasteiger charge is 2.22. The van der Waals surface area contributed by atoms with Gasteiger partial charge in [-0.1, -0.05) is 12.1 Å². The van der Waals surface area contributed by atoms with Crippen molar-refractivity contribution in [3.8, 4) is 0 Å². The summed E-state index contributed by atoms with van der Waals surface area (Å²) in [7, 11) is 0. The summed E-state index contributed by atoms with van der Waals surface area (Å²) < 4.78 is 0. The fraction of sp³-hybridized carbons (Fsp3) is 0.429. The van der Waals surface area contributed by atoms with Gasteiger partial charge in [0.15, 0.2) is 0 Å². The number of aliphatic hydroxyl groups is 1. The van der Waals surface area contributed by atoms with Crippen molar-refractivity contribution >= 4 is 17.7 Å². The minimum Gasteiger partial charge on any atom is -0.478 e. The third-order valence-corrected chi connectivity index (χ3v) is 2.65. The SMILES string of the molecule is CCN(CC(C)(C)O)C(=O)Nc1ccccc1C(=O)O. The molecule has 0 saturated heterocycles. The number of rotatable bonds is 5. The molecule has 0 saturated carbocycles. The number of hydrogen-bond donors (Lipinski definition) is 3. The number of anilines is 1. The second-order valence-corrected chi connectivity index (χ2v) is 5.11. The number of carboxylic acid groups (broad SMARTS) is 1. The Morgan fingerprint density at radius 1 is 1.30 bits per heavy atom. The molecule has 110 valence electrons. The predicted molar refractivity (Wildman–Crippen MR) is 76.0 cm³/mol. The smallest absolute Gasteiger partial charge is 0.337 e. The third kappa shape index (κ3) is 4.55. The van der Waals surface area contributed by atoms with E-state index in [1.807, 2.05) is 0 Å². The Balaban J connectivity index is 2.87. The Labute approximate surface area is 118 Å². The number of nitrogens with one attached hydrogen (secondary N) is 1. The fourth-order valence-corrected chi connectivity index (χ4v) is 1.77. The number of amides is 2. The summed E-state index contributed by atoms with van der Waals surface area (Å²) in [4.78, 5) is 24.6. The van der Waals surface area contributed by atoms with Crippen LogP contribution in [0.25, 0.3) is 0 Å². The summed E-state index contributed by atoms with van der Waals surface area (Å²) in [6.45, 7) is 5.56. The summed E-state index contributed by atoms with van der Waals surface area (Å²) in [5, 5.41) is 21.4. The number of carbonyl (C=O) groups excluding carboxylic acids is 1.